The van der Waals surface area contributed by atoms with Gasteiger partial charge in [-0.2, -0.15) is 0 Å². The van der Waals surface area contributed by atoms with Crippen molar-refractivity contribution in [2.75, 3.05) is 13.7 Å². The van der Waals surface area contributed by atoms with Crippen LogP contribution in [0.3, 0.4) is 0 Å². The predicted octanol–water partition coefficient (Wildman–Crippen LogP) is 3.42. The van der Waals surface area contributed by atoms with Crippen LogP contribution in [0.4, 0.5) is 0 Å². The number of hydrogen-bond acceptors (Lipinski definition) is 8. The molecule has 0 saturated heterocycles. The van der Waals surface area contributed by atoms with E-state index < -0.39 is 24.6 Å². The molecular formula is C27H25BrN2O7S. The number of carboxylic acids is 1. The minimum Gasteiger partial charge on any atom is -0.496 e. The maximum absolute atomic E-state index is 13.8. The van der Waals surface area contributed by atoms with E-state index in [9.17, 15) is 14.4 Å². The highest BCUT2D eigenvalue weighted by Gasteiger charge is 2.35. The third-order valence-corrected chi connectivity index (χ3v) is 7.07. The molecule has 0 spiro atoms. The third-order valence-electron chi connectivity index (χ3n) is 5.59. The zero-order valence-corrected chi connectivity index (χ0v) is 23.5. The van der Waals surface area contributed by atoms with E-state index in [1.54, 1.807) is 57.2 Å². The Morgan fingerprint density at radius 2 is 2.00 bits per heavy atom. The van der Waals surface area contributed by atoms with E-state index in [2.05, 4.69) is 20.9 Å². The van der Waals surface area contributed by atoms with Crippen molar-refractivity contribution >= 4 is 45.3 Å². The number of fused-ring (bicyclic) bond motifs is 1. The van der Waals surface area contributed by atoms with E-state index in [0.717, 1.165) is 4.47 Å². The zero-order valence-electron chi connectivity index (χ0n) is 21.1. The van der Waals surface area contributed by atoms with Crippen molar-refractivity contribution in [1.82, 2.24) is 4.57 Å². The molecule has 4 rings (SSSR count). The fourth-order valence-electron chi connectivity index (χ4n) is 4.06. The van der Waals surface area contributed by atoms with Crippen LogP contribution in [0.25, 0.3) is 6.08 Å². The molecule has 2 heterocycles. The van der Waals surface area contributed by atoms with E-state index in [1.807, 2.05) is 12.1 Å². The quantitative estimate of drug-likeness (QED) is 0.394. The lowest BCUT2D eigenvalue weighted by Gasteiger charge is -2.26. The minimum absolute atomic E-state index is 0.248. The molecule has 1 aliphatic rings. The lowest BCUT2D eigenvalue weighted by Crippen LogP contribution is -2.40. The molecule has 0 saturated carbocycles. The average molecular weight is 601 g/mol. The summed E-state index contributed by atoms with van der Waals surface area (Å²) in [7, 11) is 1.53. The number of benzene rings is 2. The number of thiazole rings is 1. The number of nitrogens with zero attached hydrogens (tertiary/aromatic N) is 2. The largest absolute Gasteiger partial charge is 0.496 e. The normalized spacial score (nSPS) is 15.2. The first-order valence-corrected chi connectivity index (χ1v) is 13.2. The molecule has 1 N–H and O–H groups in total. The van der Waals surface area contributed by atoms with Gasteiger partial charge >= 0.3 is 11.9 Å². The molecular weight excluding hydrogens is 576 g/mol. The second-order valence-corrected chi connectivity index (χ2v) is 10.6. The Morgan fingerprint density at radius 1 is 1.24 bits per heavy atom. The van der Waals surface area contributed by atoms with Gasteiger partial charge in [-0.1, -0.05) is 39.4 Å². The van der Waals surface area contributed by atoms with Crippen LogP contribution in [0.5, 0.6) is 11.5 Å². The summed E-state index contributed by atoms with van der Waals surface area (Å²) in [5.41, 5.74) is 1.59. The minimum atomic E-state index is -1.09. The molecule has 0 amide bonds. The molecule has 38 heavy (non-hydrogen) atoms. The average Bonchev–Trinajstić information content (AvgIpc) is 3.15. The zero-order chi connectivity index (χ0) is 27.6. The highest BCUT2D eigenvalue weighted by atomic mass is 79.9. The second-order valence-electron chi connectivity index (χ2n) is 8.68. The molecule has 1 atom stereocenters. The maximum atomic E-state index is 13.8. The maximum Gasteiger partial charge on any atom is 0.341 e. The number of carbonyl (C=O) groups is 2. The van der Waals surface area contributed by atoms with Crippen LogP contribution in [0, 0.1) is 0 Å². The van der Waals surface area contributed by atoms with E-state index in [0.29, 0.717) is 37.7 Å². The first-order valence-electron chi connectivity index (χ1n) is 11.6. The third kappa shape index (κ3) is 5.73. The Balaban J connectivity index is 1.91. The van der Waals surface area contributed by atoms with Crippen LogP contribution >= 0.6 is 27.3 Å². The first-order chi connectivity index (χ1) is 18.1. The second kappa shape index (κ2) is 11.4. The SMILES string of the molecule is COc1ccc(Br)cc1[C@H]1C(C(=O)OC(C)C)=C(C)N=c2s/c(=C\c3cccc(OCC(=O)O)c3)c(=O)n21. The van der Waals surface area contributed by atoms with Crippen molar-refractivity contribution in [2.24, 2.45) is 4.99 Å². The molecule has 0 bridgehead atoms. The van der Waals surface area contributed by atoms with Crippen molar-refractivity contribution in [2.45, 2.75) is 32.9 Å². The number of allylic oxidation sites excluding steroid dienone is 1. The molecule has 1 aliphatic heterocycles. The number of methoxy groups -OCH3 is 1. The summed E-state index contributed by atoms with van der Waals surface area (Å²) < 4.78 is 19.0. The number of aromatic nitrogens is 1. The molecule has 0 aliphatic carbocycles. The number of hydrogen-bond donors (Lipinski definition) is 1. The molecule has 0 unspecified atom stereocenters. The molecule has 0 radical (unpaired) electrons. The number of carbonyl (C=O) groups excluding carboxylic acids is 1. The fraction of sp³-hybridized carbons (Fsp3) is 0.259. The lowest BCUT2D eigenvalue weighted by molar-refractivity contribution is -0.143. The van der Waals surface area contributed by atoms with Crippen molar-refractivity contribution in [1.29, 1.82) is 0 Å². The summed E-state index contributed by atoms with van der Waals surface area (Å²) in [6, 6.07) is 11.3. The molecule has 1 aromatic heterocycles. The smallest absolute Gasteiger partial charge is 0.341 e. The molecule has 2 aromatic carbocycles. The van der Waals surface area contributed by atoms with Gasteiger partial charge in [0.2, 0.25) is 0 Å². The van der Waals surface area contributed by atoms with Gasteiger partial charge in [-0.3, -0.25) is 9.36 Å². The standard InChI is InChI=1S/C27H25BrN2O7S/c1-14(2)37-26(34)23-15(3)29-27-30(24(23)19-12-17(28)8-9-20(19)35-4)25(33)21(38-27)11-16-6-5-7-18(10-16)36-13-22(31)32/h5-12,14,24H,13H2,1-4H3,(H,31,32)/b21-11-/t24-/m0/s1. The van der Waals surface area contributed by atoms with E-state index >= 15 is 0 Å². The Morgan fingerprint density at radius 3 is 2.68 bits per heavy atom. The van der Waals surface area contributed by atoms with Crippen molar-refractivity contribution in [3.8, 4) is 11.5 Å². The number of aliphatic carboxylic acids is 1. The van der Waals surface area contributed by atoms with Gasteiger partial charge in [-0.25, -0.2) is 14.6 Å². The molecule has 0 fully saturated rings. The van der Waals surface area contributed by atoms with Crippen LogP contribution in [0.15, 0.2) is 68.0 Å². The lowest BCUT2D eigenvalue weighted by atomic mass is 9.95. The van der Waals surface area contributed by atoms with Gasteiger partial charge in [-0.05, 0) is 62.7 Å². The fourth-order valence-corrected chi connectivity index (χ4v) is 5.49. The molecule has 11 heteroatoms. The van der Waals surface area contributed by atoms with E-state index in [4.69, 9.17) is 19.3 Å². The summed E-state index contributed by atoms with van der Waals surface area (Å²) in [6.07, 6.45) is 1.31. The highest BCUT2D eigenvalue weighted by Crippen LogP contribution is 2.37. The number of halogens is 1. The van der Waals surface area contributed by atoms with Gasteiger partial charge in [0.15, 0.2) is 11.4 Å². The summed E-state index contributed by atoms with van der Waals surface area (Å²) in [5.74, 6) is -0.791. The number of rotatable bonds is 8. The Bertz CT molecular complexity index is 1620. The monoisotopic (exact) mass is 600 g/mol. The Kier molecular flexibility index (Phi) is 8.17. The van der Waals surface area contributed by atoms with Gasteiger partial charge in [0.05, 0.1) is 29.0 Å². The highest BCUT2D eigenvalue weighted by molar-refractivity contribution is 9.10. The molecule has 3 aromatic rings. The van der Waals surface area contributed by atoms with Crippen LogP contribution in [-0.2, 0) is 14.3 Å². The van der Waals surface area contributed by atoms with Crippen LogP contribution in [0.1, 0.15) is 37.9 Å². The van der Waals surface area contributed by atoms with Gasteiger partial charge in [-0.15, -0.1) is 0 Å². The van der Waals surface area contributed by atoms with Crippen LogP contribution in [-0.4, -0.2) is 41.4 Å². The predicted molar refractivity (Wildman–Crippen MR) is 145 cm³/mol. The topological polar surface area (TPSA) is 116 Å². The Labute approximate surface area is 230 Å². The van der Waals surface area contributed by atoms with Gasteiger partial charge in [0.1, 0.15) is 17.5 Å². The van der Waals surface area contributed by atoms with Crippen LogP contribution in [0.2, 0.25) is 0 Å². The first kappa shape index (κ1) is 27.3. The van der Waals surface area contributed by atoms with Crippen molar-refractivity contribution in [3.05, 3.63) is 89.0 Å². The van der Waals surface area contributed by atoms with Gasteiger partial charge in [0.25, 0.3) is 5.56 Å². The van der Waals surface area contributed by atoms with Gasteiger partial charge in [0, 0.05) is 10.0 Å². The summed E-state index contributed by atoms with van der Waals surface area (Å²) >= 11 is 4.67. The van der Waals surface area contributed by atoms with E-state index in [-0.39, 0.29) is 17.2 Å². The number of carboxylic acid groups (broad SMARTS) is 1. The molecule has 198 valence electrons. The van der Waals surface area contributed by atoms with Gasteiger partial charge < -0.3 is 19.3 Å². The van der Waals surface area contributed by atoms with Crippen molar-refractivity contribution < 1.29 is 28.9 Å². The van der Waals surface area contributed by atoms with Crippen molar-refractivity contribution in [3.63, 3.8) is 0 Å². The number of ether oxygens (including phenoxy) is 3. The van der Waals surface area contributed by atoms with E-state index in [1.165, 1.54) is 23.0 Å². The summed E-state index contributed by atoms with van der Waals surface area (Å²) in [4.78, 5) is 43.0. The Hall–Kier alpha value is -3.70. The summed E-state index contributed by atoms with van der Waals surface area (Å²) in [6.45, 7) is 4.75. The van der Waals surface area contributed by atoms with Crippen LogP contribution < -0.4 is 24.4 Å². The molecule has 9 nitrogen and oxygen atoms in total. The summed E-state index contributed by atoms with van der Waals surface area (Å²) in [5, 5.41) is 8.88. The number of esters is 1.